The highest BCUT2D eigenvalue weighted by atomic mass is 15.1. The zero-order valence-corrected chi connectivity index (χ0v) is 35.1. The fourth-order valence-corrected chi connectivity index (χ4v) is 13.6. The molecule has 4 bridgehead atoms. The van der Waals surface area contributed by atoms with Gasteiger partial charge in [-0.25, -0.2) is 0 Å². The summed E-state index contributed by atoms with van der Waals surface area (Å²) in [6.45, 7) is 9.72. The van der Waals surface area contributed by atoms with Gasteiger partial charge in [-0.1, -0.05) is 137 Å². The minimum Gasteiger partial charge on any atom is -0.310 e. The Hall–Kier alpha value is -5.40. The van der Waals surface area contributed by atoms with Crippen molar-refractivity contribution in [3.63, 3.8) is 0 Å². The highest BCUT2D eigenvalue weighted by molar-refractivity contribution is 5.97. The summed E-state index contributed by atoms with van der Waals surface area (Å²) < 4.78 is 0. The summed E-state index contributed by atoms with van der Waals surface area (Å²) in [5.41, 5.74) is 18.4. The lowest BCUT2D eigenvalue weighted by Crippen LogP contribution is -2.55. The Morgan fingerprint density at radius 3 is 1.69 bits per heavy atom. The number of benzene rings is 7. The standard InChI is InChI=1S/C58H55N/c1-56(2)28-29-57(3,4)55-36-47(25-27-53(55)56)59(46-23-18-41(19-24-46)49-14-9-11-40-10-5-6-12-48(40)49)45-21-16-39(17-22-45)42-20-26-51-50-13-7-8-15-52(50)58(54(51)35-42)43-31-37-30-38(33-43)34-44(58)32-37/h5-27,35-38,43-44H,28-34H2,1-4H3. The third-order valence-electron chi connectivity index (χ3n) is 16.3. The van der Waals surface area contributed by atoms with Gasteiger partial charge in [0.25, 0.3) is 0 Å². The van der Waals surface area contributed by atoms with Gasteiger partial charge in [0.2, 0.25) is 0 Å². The molecule has 1 spiro atoms. The molecule has 7 aromatic carbocycles. The van der Waals surface area contributed by atoms with Crippen molar-refractivity contribution in [2.75, 3.05) is 4.90 Å². The van der Waals surface area contributed by atoms with Gasteiger partial charge in [0.05, 0.1) is 0 Å². The van der Waals surface area contributed by atoms with Gasteiger partial charge >= 0.3 is 0 Å². The Morgan fingerprint density at radius 1 is 0.407 bits per heavy atom. The SMILES string of the molecule is CC1(C)CCC(C)(C)c2cc(N(c3ccc(-c4ccc5c(c4)C4(c6ccccc6-5)C5CC6CC(C5)CC4C6)cc3)c3ccc(-c4cccc5ccccc45)cc3)ccc21. The van der Waals surface area contributed by atoms with Crippen molar-refractivity contribution in [3.8, 4) is 33.4 Å². The van der Waals surface area contributed by atoms with E-state index in [0.717, 1.165) is 23.7 Å². The van der Waals surface area contributed by atoms with Gasteiger partial charge in [-0.05, 0) is 188 Å². The van der Waals surface area contributed by atoms with Crippen molar-refractivity contribution in [3.05, 3.63) is 174 Å². The van der Waals surface area contributed by atoms with Crippen LogP contribution in [0.4, 0.5) is 17.1 Å². The van der Waals surface area contributed by atoms with Crippen LogP contribution >= 0.6 is 0 Å². The zero-order valence-electron chi connectivity index (χ0n) is 35.1. The second kappa shape index (κ2) is 12.8. The topological polar surface area (TPSA) is 3.24 Å². The van der Waals surface area contributed by atoms with Crippen LogP contribution in [0.5, 0.6) is 0 Å². The van der Waals surface area contributed by atoms with Crippen molar-refractivity contribution in [1.82, 2.24) is 0 Å². The number of anilines is 3. The van der Waals surface area contributed by atoms with Crippen LogP contribution in [-0.4, -0.2) is 0 Å². The fraction of sp³-hybridized carbons (Fsp3) is 0.310. The van der Waals surface area contributed by atoms with Gasteiger partial charge in [-0.15, -0.1) is 0 Å². The number of nitrogens with zero attached hydrogens (tertiary/aromatic N) is 1. The molecule has 6 aliphatic rings. The predicted octanol–water partition coefficient (Wildman–Crippen LogP) is 15.7. The molecule has 0 aromatic heterocycles. The molecule has 0 amide bonds. The molecule has 0 heterocycles. The molecule has 1 heteroatoms. The van der Waals surface area contributed by atoms with Crippen LogP contribution in [0, 0.1) is 23.7 Å². The first kappa shape index (κ1) is 35.5. The first-order valence-corrected chi connectivity index (χ1v) is 22.6. The van der Waals surface area contributed by atoms with Crippen molar-refractivity contribution in [2.24, 2.45) is 23.7 Å². The molecular weight excluding hydrogens is 711 g/mol. The number of hydrogen-bond acceptors (Lipinski definition) is 1. The maximum Gasteiger partial charge on any atom is 0.0464 e. The van der Waals surface area contributed by atoms with Gasteiger partial charge in [-0.2, -0.15) is 0 Å². The van der Waals surface area contributed by atoms with Gasteiger partial charge < -0.3 is 4.90 Å². The molecule has 292 valence electrons. The van der Waals surface area contributed by atoms with E-state index in [1.165, 1.54) is 117 Å². The lowest BCUT2D eigenvalue weighted by molar-refractivity contribution is -0.0399. The van der Waals surface area contributed by atoms with E-state index in [2.05, 4.69) is 184 Å². The molecule has 0 aliphatic heterocycles. The van der Waals surface area contributed by atoms with Crippen molar-refractivity contribution < 1.29 is 0 Å². The first-order chi connectivity index (χ1) is 28.7. The van der Waals surface area contributed by atoms with Gasteiger partial charge in [0, 0.05) is 22.5 Å². The van der Waals surface area contributed by atoms with Crippen LogP contribution in [0.1, 0.15) is 94.9 Å². The summed E-state index contributed by atoms with van der Waals surface area (Å²) in [6.07, 6.45) is 9.54. The summed E-state index contributed by atoms with van der Waals surface area (Å²) in [5, 5.41) is 2.57. The second-order valence-electron chi connectivity index (χ2n) is 20.4. The molecule has 0 saturated heterocycles. The minimum absolute atomic E-state index is 0.121. The maximum atomic E-state index is 2.63. The molecule has 4 saturated carbocycles. The van der Waals surface area contributed by atoms with Crippen LogP contribution in [0.3, 0.4) is 0 Å². The van der Waals surface area contributed by atoms with E-state index in [4.69, 9.17) is 0 Å². The molecule has 0 N–H and O–H groups in total. The monoisotopic (exact) mass is 765 g/mol. The average molecular weight is 766 g/mol. The average Bonchev–Trinajstić information content (AvgIpc) is 3.55. The Morgan fingerprint density at radius 2 is 0.966 bits per heavy atom. The Balaban J connectivity index is 0.953. The summed E-state index contributed by atoms with van der Waals surface area (Å²) in [7, 11) is 0. The molecule has 4 fully saturated rings. The molecule has 0 atom stereocenters. The lowest BCUT2D eigenvalue weighted by atomic mass is 9.43. The van der Waals surface area contributed by atoms with Crippen LogP contribution in [0.15, 0.2) is 152 Å². The van der Waals surface area contributed by atoms with Gasteiger partial charge in [0.1, 0.15) is 0 Å². The fourth-order valence-electron chi connectivity index (χ4n) is 13.6. The Kier molecular flexibility index (Phi) is 7.71. The van der Waals surface area contributed by atoms with E-state index in [1.54, 1.807) is 11.1 Å². The Labute approximate surface area is 351 Å². The normalized spacial score (nSPS) is 25.2. The molecule has 13 rings (SSSR count). The van der Waals surface area contributed by atoms with Crippen LogP contribution in [0.2, 0.25) is 0 Å². The molecule has 0 unspecified atom stereocenters. The summed E-state index contributed by atoms with van der Waals surface area (Å²) in [5.74, 6) is 3.43. The lowest BCUT2D eigenvalue weighted by Gasteiger charge is -2.61. The van der Waals surface area contributed by atoms with Crippen LogP contribution in [0.25, 0.3) is 44.2 Å². The maximum absolute atomic E-state index is 2.63. The second-order valence-corrected chi connectivity index (χ2v) is 20.4. The van der Waals surface area contributed by atoms with Crippen LogP contribution in [-0.2, 0) is 16.2 Å². The predicted molar refractivity (Wildman–Crippen MR) is 248 cm³/mol. The number of rotatable bonds is 5. The van der Waals surface area contributed by atoms with Crippen molar-refractivity contribution in [2.45, 2.75) is 88.9 Å². The number of hydrogen-bond donors (Lipinski definition) is 0. The summed E-state index contributed by atoms with van der Waals surface area (Å²) >= 11 is 0. The third kappa shape index (κ3) is 5.29. The van der Waals surface area contributed by atoms with E-state index in [0.29, 0.717) is 0 Å². The highest BCUT2D eigenvalue weighted by Crippen LogP contribution is 2.69. The molecule has 1 nitrogen and oxygen atoms in total. The van der Waals surface area contributed by atoms with E-state index < -0.39 is 0 Å². The van der Waals surface area contributed by atoms with E-state index in [-0.39, 0.29) is 16.2 Å². The highest BCUT2D eigenvalue weighted by Gasteiger charge is 2.61. The first-order valence-electron chi connectivity index (χ1n) is 22.6. The largest absolute Gasteiger partial charge is 0.310 e. The molecule has 6 aliphatic carbocycles. The Bertz CT molecular complexity index is 2750. The van der Waals surface area contributed by atoms with Gasteiger partial charge in [0.15, 0.2) is 0 Å². The number of fused-ring (bicyclic) bond motifs is 5. The van der Waals surface area contributed by atoms with Crippen molar-refractivity contribution in [1.29, 1.82) is 0 Å². The summed E-state index contributed by atoms with van der Waals surface area (Å²) in [4.78, 5) is 2.48. The van der Waals surface area contributed by atoms with Crippen molar-refractivity contribution >= 4 is 27.8 Å². The van der Waals surface area contributed by atoms with E-state index in [1.807, 2.05) is 0 Å². The smallest absolute Gasteiger partial charge is 0.0464 e. The van der Waals surface area contributed by atoms with Gasteiger partial charge in [-0.3, -0.25) is 0 Å². The molecule has 7 aromatic rings. The van der Waals surface area contributed by atoms with E-state index in [9.17, 15) is 0 Å². The zero-order chi connectivity index (χ0) is 39.7. The molecule has 0 radical (unpaired) electrons. The quantitative estimate of drug-likeness (QED) is 0.169. The molecular formula is C58H55N. The van der Waals surface area contributed by atoms with E-state index >= 15 is 0 Å². The third-order valence-corrected chi connectivity index (χ3v) is 16.3. The summed E-state index contributed by atoms with van der Waals surface area (Å²) in [6, 6.07) is 58.4. The molecule has 59 heavy (non-hydrogen) atoms. The van der Waals surface area contributed by atoms with Crippen LogP contribution < -0.4 is 4.90 Å². The minimum atomic E-state index is 0.121.